The van der Waals surface area contributed by atoms with E-state index in [9.17, 15) is 9.59 Å². The predicted molar refractivity (Wildman–Crippen MR) is 62.4 cm³/mol. The minimum atomic E-state index is -1.44. The van der Waals surface area contributed by atoms with Crippen LogP contribution in [0.15, 0.2) is 30.3 Å². The van der Waals surface area contributed by atoms with Gasteiger partial charge in [0, 0.05) is 19.8 Å². The number of carboxylic acids is 1. The quantitative estimate of drug-likeness (QED) is 0.614. The van der Waals surface area contributed by atoms with Crippen LogP contribution < -0.4 is 4.90 Å². The fraction of sp³-hybridized carbons (Fsp3) is 0.167. The van der Waals surface area contributed by atoms with E-state index in [0.29, 0.717) is 0 Å². The summed E-state index contributed by atoms with van der Waals surface area (Å²) in [6.07, 6.45) is 2.53. The summed E-state index contributed by atoms with van der Waals surface area (Å²) in [5.41, 5.74) is 1.84. The minimum Gasteiger partial charge on any atom is -0.475 e. The van der Waals surface area contributed by atoms with Gasteiger partial charge in [0.1, 0.15) is 0 Å². The van der Waals surface area contributed by atoms with Crippen LogP contribution in [0.25, 0.3) is 6.08 Å². The van der Waals surface area contributed by atoms with Crippen LogP contribution in [0.5, 0.6) is 0 Å². The van der Waals surface area contributed by atoms with E-state index in [2.05, 4.69) is 0 Å². The van der Waals surface area contributed by atoms with Gasteiger partial charge in [0.25, 0.3) is 5.78 Å². The van der Waals surface area contributed by atoms with E-state index < -0.39 is 11.8 Å². The van der Waals surface area contributed by atoms with Crippen molar-refractivity contribution in [2.45, 2.75) is 0 Å². The zero-order valence-corrected chi connectivity index (χ0v) is 9.18. The molecule has 0 saturated heterocycles. The lowest BCUT2D eigenvalue weighted by molar-refractivity contribution is -0.146. The molecule has 0 aliphatic rings. The van der Waals surface area contributed by atoms with Crippen LogP contribution in [0.2, 0.25) is 0 Å². The van der Waals surface area contributed by atoms with Crippen molar-refractivity contribution in [3.05, 3.63) is 35.9 Å². The number of nitrogens with zero attached hydrogens (tertiary/aromatic N) is 1. The molecule has 1 aromatic carbocycles. The highest BCUT2D eigenvalue weighted by molar-refractivity contribution is 6.38. The van der Waals surface area contributed by atoms with Gasteiger partial charge in [0.2, 0.25) is 0 Å². The monoisotopic (exact) mass is 219 g/mol. The second-order valence-electron chi connectivity index (χ2n) is 3.49. The maximum atomic E-state index is 10.8. The third-order valence-corrected chi connectivity index (χ3v) is 2.05. The Morgan fingerprint density at radius 1 is 1.19 bits per heavy atom. The molecule has 4 nitrogen and oxygen atoms in total. The SMILES string of the molecule is CN(C)c1ccc(C=CC(=O)C(=O)O)cc1. The summed E-state index contributed by atoms with van der Waals surface area (Å²) in [5, 5.41) is 8.37. The molecule has 0 aliphatic heterocycles. The Bertz CT molecular complexity index is 418. The Balaban J connectivity index is 2.76. The zero-order chi connectivity index (χ0) is 12.1. The van der Waals surface area contributed by atoms with Crippen molar-refractivity contribution in [3.8, 4) is 0 Å². The lowest BCUT2D eigenvalue weighted by Gasteiger charge is -2.11. The normalized spacial score (nSPS) is 10.4. The molecule has 0 bridgehead atoms. The molecule has 0 unspecified atom stereocenters. The van der Waals surface area contributed by atoms with Crippen molar-refractivity contribution in [2.75, 3.05) is 19.0 Å². The summed E-state index contributed by atoms with van der Waals surface area (Å²) in [6, 6.07) is 7.43. The molecule has 0 spiro atoms. The minimum absolute atomic E-state index is 0.792. The highest BCUT2D eigenvalue weighted by Crippen LogP contribution is 2.12. The van der Waals surface area contributed by atoms with E-state index in [1.807, 2.05) is 43.3 Å². The number of carbonyl (C=O) groups is 2. The van der Waals surface area contributed by atoms with Gasteiger partial charge in [0.15, 0.2) is 0 Å². The predicted octanol–water partition coefficient (Wildman–Crippen LogP) is 1.42. The molecular formula is C12H13NO3. The number of anilines is 1. The molecule has 1 rings (SSSR count). The Labute approximate surface area is 93.8 Å². The third kappa shape index (κ3) is 3.24. The van der Waals surface area contributed by atoms with Crippen LogP contribution in [0.1, 0.15) is 5.56 Å². The average molecular weight is 219 g/mol. The van der Waals surface area contributed by atoms with Crippen LogP contribution in [-0.2, 0) is 9.59 Å². The smallest absolute Gasteiger partial charge is 0.376 e. The molecule has 4 heteroatoms. The first-order chi connectivity index (χ1) is 7.50. The first-order valence-corrected chi connectivity index (χ1v) is 4.73. The molecule has 0 heterocycles. The van der Waals surface area contributed by atoms with Crippen LogP contribution in [0, 0.1) is 0 Å². The molecule has 0 aliphatic carbocycles. The van der Waals surface area contributed by atoms with Crippen LogP contribution in [0.3, 0.4) is 0 Å². The molecule has 1 aromatic rings. The van der Waals surface area contributed by atoms with Crippen LogP contribution in [-0.4, -0.2) is 31.0 Å². The van der Waals surface area contributed by atoms with Gasteiger partial charge >= 0.3 is 5.97 Å². The van der Waals surface area contributed by atoms with Crippen molar-refractivity contribution < 1.29 is 14.7 Å². The third-order valence-electron chi connectivity index (χ3n) is 2.05. The summed E-state index contributed by atoms with van der Waals surface area (Å²) in [6.45, 7) is 0. The second-order valence-corrected chi connectivity index (χ2v) is 3.49. The standard InChI is InChI=1S/C12H13NO3/c1-13(2)10-6-3-9(4-7-10)5-8-11(14)12(15)16/h3-8H,1-2H3,(H,15,16). The van der Waals surface area contributed by atoms with E-state index in [4.69, 9.17) is 5.11 Å². The summed E-state index contributed by atoms with van der Waals surface area (Å²) in [7, 11) is 3.86. The number of hydrogen-bond donors (Lipinski definition) is 1. The summed E-state index contributed by atoms with van der Waals surface area (Å²) in [5.74, 6) is -2.36. The van der Waals surface area contributed by atoms with Gasteiger partial charge in [-0.05, 0) is 23.8 Å². The fourth-order valence-corrected chi connectivity index (χ4v) is 1.13. The van der Waals surface area contributed by atoms with Crippen LogP contribution in [0.4, 0.5) is 5.69 Å². The lowest BCUT2D eigenvalue weighted by Crippen LogP contribution is -2.08. The highest BCUT2D eigenvalue weighted by Gasteiger charge is 2.05. The van der Waals surface area contributed by atoms with Gasteiger partial charge in [-0.15, -0.1) is 0 Å². The van der Waals surface area contributed by atoms with Crippen molar-refractivity contribution in [3.63, 3.8) is 0 Å². The maximum absolute atomic E-state index is 10.8. The Morgan fingerprint density at radius 2 is 1.75 bits per heavy atom. The largest absolute Gasteiger partial charge is 0.475 e. The van der Waals surface area contributed by atoms with Crippen molar-refractivity contribution >= 4 is 23.5 Å². The van der Waals surface area contributed by atoms with Gasteiger partial charge in [-0.2, -0.15) is 0 Å². The van der Waals surface area contributed by atoms with Gasteiger partial charge in [0.05, 0.1) is 0 Å². The highest BCUT2D eigenvalue weighted by atomic mass is 16.4. The van der Waals surface area contributed by atoms with E-state index in [1.165, 1.54) is 6.08 Å². The molecule has 0 amide bonds. The molecule has 0 aromatic heterocycles. The molecular weight excluding hydrogens is 206 g/mol. The topological polar surface area (TPSA) is 57.6 Å². The van der Waals surface area contributed by atoms with Gasteiger partial charge in [-0.1, -0.05) is 18.2 Å². The molecule has 0 fully saturated rings. The summed E-state index contributed by atoms with van der Waals surface area (Å²) in [4.78, 5) is 23.0. The number of rotatable bonds is 4. The summed E-state index contributed by atoms with van der Waals surface area (Å²) < 4.78 is 0. The Kier molecular flexibility index (Phi) is 3.83. The number of carbonyl (C=O) groups excluding carboxylic acids is 1. The number of aliphatic carboxylic acids is 1. The van der Waals surface area contributed by atoms with Gasteiger partial charge in [-0.3, -0.25) is 4.79 Å². The van der Waals surface area contributed by atoms with Crippen molar-refractivity contribution in [1.82, 2.24) is 0 Å². The van der Waals surface area contributed by atoms with E-state index in [1.54, 1.807) is 0 Å². The van der Waals surface area contributed by atoms with E-state index in [-0.39, 0.29) is 0 Å². The van der Waals surface area contributed by atoms with E-state index in [0.717, 1.165) is 17.3 Å². The lowest BCUT2D eigenvalue weighted by atomic mass is 10.1. The zero-order valence-electron chi connectivity index (χ0n) is 9.18. The molecule has 0 saturated carbocycles. The molecule has 1 N–H and O–H groups in total. The average Bonchev–Trinajstić information content (AvgIpc) is 2.26. The van der Waals surface area contributed by atoms with Crippen molar-refractivity contribution in [2.24, 2.45) is 0 Å². The molecule has 16 heavy (non-hydrogen) atoms. The number of ketones is 1. The van der Waals surface area contributed by atoms with Gasteiger partial charge < -0.3 is 10.0 Å². The number of benzene rings is 1. The first kappa shape index (κ1) is 12.0. The number of carboxylic acid groups (broad SMARTS) is 1. The maximum Gasteiger partial charge on any atom is 0.376 e. The second kappa shape index (κ2) is 5.11. The fourth-order valence-electron chi connectivity index (χ4n) is 1.13. The number of hydrogen-bond acceptors (Lipinski definition) is 3. The van der Waals surface area contributed by atoms with Crippen LogP contribution >= 0.6 is 0 Å². The van der Waals surface area contributed by atoms with Crippen molar-refractivity contribution in [1.29, 1.82) is 0 Å². The summed E-state index contributed by atoms with van der Waals surface area (Å²) >= 11 is 0. The molecule has 84 valence electrons. The first-order valence-electron chi connectivity index (χ1n) is 4.73. The van der Waals surface area contributed by atoms with Gasteiger partial charge in [-0.25, -0.2) is 4.79 Å². The Morgan fingerprint density at radius 3 is 2.19 bits per heavy atom. The van der Waals surface area contributed by atoms with E-state index >= 15 is 0 Å². The molecule has 0 radical (unpaired) electrons. The molecule has 0 atom stereocenters. The Hall–Kier alpha value is -2.10.